The Bertz CT molecular complexity index is 462. The molecular weight excluding hydrogens is 332 g/mol. The molecule has 2 N–H and O–H groups in total. The van der Waals surface area contributed by atoms with E-state index in [9.17, 15) is 4.79 Å². The van der Waals surface area contributed by atoms with Crippen LogP contribution in [0.25, 0.3) is 0 Å². The molecule has 0 aromatic carbocycles. The summed E-state index contributed by atoms with van der Waals surface area (Å²) in [6.45, 7) is 12.6. The number of guanidine groups is 1. The molecule has 0 radical (unpaired) electrons. The van der Waals surface area contributed by atoms with Crippen molar-refractivity contribution in [2.24, 2.45) is 10.9 Å². The summed E-state index contributed by atoms with van der Waals surface area (Å²) in [4.78, 5) is 18.7. The monoisotopic (exact) mass is 368 g/mol. The fourth-order valence-corrected chi connectivity index (χ4v) is 3.20. The highest BCUT2D eigenvalue weighted by Gasteiger charge is 2.26. The molecule has 150 valence electrons. The third kappa shape index (κ3) is 7.40. The van der Waals surface area contributed by atoms with E-state index in [1.807, 2.05) is 25.7 Å². The van der Waals surface area contributed by atoms with E-state index in [1.54, 1.807) is 0 Å². The summed E-state index contributed by atoms with van der Waals surface area (Å²) in [6, 6.07) is 0. The zero-order chi connectivity index (χ0) is 19.0. The second-order valence-electron chi connectivity index (χ2n) is 8.15. The van der Waals surface area contributed by atoms with Gasteiger partial charge in [-0.3, -0.25) is 4.99 Å². The first-order chi connectivity index (χ1) is 12.4. The molecule has 0 aromatic rings. The molecule has 0 saturated carbocycles. The maximum Gasteiger partial charge on any atom is 0.410 e. The fourth-order valence-electron chi connectivity index (χ4n) is 3.20. The number of nitrogens with zero attached hydrogens (tertiary/aromatic N) is 2. The molecule has 2 aliphatic heterocycles. The molecule has 2 saturated heterocycles. The first-order valence-corrected chi connectivity index (χ1v) is 9.99. The van der Waals surface area contributed by atoms with Crippen LogP contribution in [0.5, 0.6) is 0 Å². The maximum atomic E-state index is 12.1. The number of likely N-dealkylation sites (tertiary alicyclic amines) is 1. The smallest absolute Gasteiger partial charge is 0.410 e. The number of aliphatic imine (C=N–C) groups is 1. The van der Waals surface area contributed by atoms with Crippen molar-refractivity contribution in [1.82, 2.24) is 15.5 Å². The minimum Gasteiger partial charge on any atom is -0.444 e. The number of carbonyl (C=O) groups excluding carboxylic acids is 1. The lowest BCUT2D eigenvalue weighted by molar-refractivity contribution is 0.0187. The molecule has 0 aromatic heterocycles. The van der Waals surface area contributed by atoms with Crippen LogP contribution >= 0.6 is 0 Å². The SMILES string of the molecule is CCNC(=NCC1CCN(C(=O)OC(C)(C)C)CC1)NCC1CCCO1. The molecule has 7 nitrogen and oxygen atoms in total. The van der Waals surface area contributed by atoms with Crippen LogP contribution < -0.4 is 10.6 Å². The molecule has 2 heterocycles. The summed E-state index contributed by atoms with van der Waals surface area (Å²) in [7, 11) is 0. The number of rotatable bonds is 5. The lowest BCUT2D eigenvalue weighted by Gasteiger charge is -2.33. The van der Waals surface area contributed by atoms with Crippen molar-refractivity contribution in [2.45, 2.75) is 65.1 Å². The molecule has 0 bridgehead atoms. The van der Waals surface area contributed by atoms with Crippen molar-refractivity contribution in [3.63, 3.8) is 0 Å². The van der Waals surface area contributed by atoms with Gasteiger partial charge in [0.1, 0.15) is 5.60 Å². The first-order valence-electron chi connectivity index (χ1n) is 9.99. The Labute approximate surface area is 157 Å². The third-order valence-corrected chi connectivity index (χ3v) is 4.64. The summed E-state index contributed by atoms with van der Waals surface area (Å²) in [5.74, 6) is 1.37. The Hall–Kier alpha value is -1.50. The van der Waals surface area contributed by atoms with E-state index >= 15 is 0 Å². The Morgan fingerprint density at radius 1 is 1.23 bits per heavy atom. The van der Waals surface area contributed by atoms with E-state index < -0.39 is 5.60 Å². The zero-order valence-electron chi connectivity index (χ0n) is 16.8. The van der Waals surface area contributed by atoms with Gasteiger partial charge in [-0.25, -0.2) is 4.79 Å². The second-order valence-corrected chi connectivity index (χ2v) is 8.15. The summed E-state index contributed by atoms with van der Waals surface area (Å²) in [5, 5.41) is 6.68. The number of hydrogen-bond acceptors (Lipinski definition) is 4. The standard InChI is InChI=1S/C19H36N4O3/c1-5-20-17(22-14-16-7-6-12-25-16)21-13-15-8-10-23(11-9-15)18(24)26-19(2,3)4/h15-16H,5-14H2,1-4H3,(H2,20,21,22). The lowest BCUT2D eigenvalue weighted by Crippen LogP contribution is -2.43. The highest BCUT2D eigenvalue weighted by atomic mass is 16.6. The molecule has 2 rings (SSSR count). The number of ether oxygens (including phenoxy) is 2. The average Bonchev–Trinajstić information content (AvgIpc) is 3.10. The minimum absolute atomic E-state index is 0.203. The van der Waals surface area contributed by atoms with Gasteiger partial charge in [-0.2, -0.15) is 0 Å². The van der Waals surface area contributed by atoms with Crippen molar-refractivity contribution in [3.8, 4) is 0 Å². The van der Waals surface area contributed by atoms with Gasteiger partial charge < -0.3 is 25.0 Å². The largest absolute Gasteiger partial charge is 0.444 e. The van der Waals surface area contributed by atoms with Gasteiger partial charge in [0.15, 0.2) is 5.96 Å². The maximum absolute atomic E-state index is 12.1. The summed E-state index contributed by atoms with van der Waals surface area (Å²) < 4.78 is 11.1. The second kappa shape index (κ2) is 10.00. The van der Waals surface area contributed by atoms with Gasteiger partial charge in [0, 0.05) is 39.3 Å². The normalized spacial score (nSPS) is 22.4. The van der Waals surface area contributed by atoms with E-state index in [2.05, 4.69) is 17.6 Å². The van der Waals surface area contributed by atoms with E-state index in [-0.39, 0.29) is 6.09 Å². The lowest BCUT2D eigenvalue weighted by atomic mass is 9.97. The van der Waals surface area contributed by atoms with E-state index in [1.165, 1.54) is 0 Å². The number of hydrogen-bond donors (Lipinski definition) is 2. The van der Waals surface area contributed by atoms with Crippen molar-refractivity contribution in [1.29, 1.82) is 0 Å². The van der Waals surface area contributed by atoms with Gasteiger partial charge in [-0.05, 0) is 59.3 Å². The van der Waals surface area contributed by atoms with Crippen LogP contribution in [0.15, 0.2) is 4.99 Å². The van der Waals surface area contributed by atoms with Crippen LogP contribution in [0.2, 0.25) is 0 Å². The van der Waals surface area contributed by atoms with Crippen LogP contribution in [0, 0.1) is 5.92 Å². The molecule has 2 fully saturated rings. The van der Waals surface area contributed by atoms with Crippen LogP contribution in [0.3, 0.4) is 0 Å². The van der Waals surface area contributed by atoms with Crippen molar-refractivity contribution >= 4 is 12.1 Å². The molecule has 0 spiro atoms. The summed E-state index contributed by atoms with van der Waals surface area (Å²) in [6.07, 6.45) is 4.30. The van der Waals surface area contributed by atoms with Crippen molar-refractivity contribution in [2.75, 3.05) is 39.3 Å². The quantitative estimate of drug-likeness (QED) is 0.576. The predicted molar refractivity (Wildman–Crippen MR) is 103 cm³/mol. The van der Waals surface area contributed by atoms with Gasteiger partial charge in [-0.1, -0.05) is 0 Å². The van der Waals surface area contributed by atoms with Crippen LogP contribution in [-0.2, 0) is 9.47 Å². The van der Waals surface area contributed by atoms with Crippen LogP contribution in [-0.4, -0.2) is 68.0 Å². The Morgan fingerprint density at radius 3 is 2.54 bits per heavy atom. The third-order valence-electron chi connectivity index (χ3n) is 4.64. The Kier molecular flexibility index (Phi) is 8.00. The first kappa shape index (κ1) is 20.8. The van der Waals surface area contributed by atoms with E-state index in [0.29, 0.717) is 12.0 Å². The van der Waals surface area contributed by atoms with Gasteiger partial charge in [0.2, 0.25) is 0 Å². The number of nitrogens with one attached hydrogen (secondary N) is 2. The fraction of sp³-hybridized carbons (Fsp3) is 0.895. The van der Waals surface area contributed by atoms with Crippen LogP contribution in [0.4, 0.5) is 4.79 Å². The molecule has 2 aliphatic rings. The number of amides is 1. The number of carbonyl (C=O) groups is 1. The average molecular weight is 369 g/mol. The topological polar surface area (TPSA) is 75.2 Å². The van der Waals surface area contributed by atoms with E-state index in [0.717, 1.165) is 71.0 Å². The van der Waals surface area contributed by atoms with E-state index in [4.69, 9.17) is 14.5 Å². The summed E-state index contributed by atoms with van der Waals surface area (Å²) >= 11 is 0. The van der Waals surface area contributed by atoms with Gasteiger partial charge in [0.05, 0.1) is 6.10 Å². The molecule has 1 unspecified atom stereocenters. The van der Waals surface area contributed by atoms with Gasteiger partial charge in [0.25, 0.3) is 0 Å². The Balaban J connectivity index is 1.73. The van der Waals surface area contributed by atoms with Crippen molar-refractivity contribution < 1.29 is 14.3 Å². The molecular formula is C19H36N4O3. The summed E-state index contributed by atoms with van der Waals surface area (Å²) in [5.41, 5.74) is -0.437. The molecule has 1 atom stereocenters. The molecule has 26 heavy (non-hydrogen) atoms. The zero-order valence-corrected chi connectivity index (χ0v) is 16.8. The van der Waals surface area contributed by atoms with Crippen LogP contribution in [0.1, 0.15) is 53.4 Å². The highest BCUT2D eigenvalue weighted by Crippen LogP contribution is 2.20. The predicted octanol–water partition coefficient (Wildman–Crippen LogP) is 2.37. The van der Waals surface area contributed by atoms with Gasteiger partial charge >= 0.3 is 6.09 Å². The highest BCUT2D eigenvalue weighted by molar-refractivity contribution is 5.79. The molecule has 1 amide bonds. The molecule has 0 aliphatic carbocycles. The molecule has 7 heteroatoms. The van der Waals surface area contributed by atoms with Crippen molar-refractivity contribution in [3.05, 3.63) is 0 Å². The number of piperidine rings is 1. The Morgan fingerprint density at radius 2 is 1.96 bits per heavy atom. The minimum atomic E-state index is -0.437. The van der Waals surface area contributed by atoms with Gasteiger partial charge in [-0.15, -0.1) is 0 Å².